The van der Waals surface area contributed by atoms with Crippen LogP contribution in [0.3, 0.4) is 0 Å². The van der Waals surface area contributed by atoms with Crippen molar-refractivity contribution < 1.29 is 37.8 Å². The molecular formula is C31H31F3N4O5. The second-order valence-corrected chi connectivity index (χ2v) is 10.6. The molecule has 1 heterocycles. The van der Waals surface area contributed by atoms with Crippen molar-refractivity contribution in [3.8, 4) is 0 Å². The SMILES string of the molecule is CC(C)(C)c1ccc(C(=O)N[C@@H](c2ccccc2)[C@@H](O)C(=O)Nc2ccc3ccnc(N)c3c2)cc1.O=C(O)C(F)(F)F. The summed E-state index contributed by atoms with van der Waals surface area (Å²) in [5.74, 6) is -3.46. The number of fused-ring (bicyclic) bond motifs is 1. The Morgan fingerprint density at radius 3 is 2.07 bits per heavy atom. The van der Waals surface area contributed by atoms with Gasteiger partial charge in [0.15, 0.2) is 6.10 Å². The molecule has 0 aliphatic heterocycles. The standard InChI is InChI=1S/C29H30N4O3.C2HF3O2/c1-29(2,3)21-12-9-20(10-13-21)27(35)33-24(19-7-5-4-6-8-19)25(34)28(36)32-22-14-11-18-15-16-31-26(30)23(18)17-22;3-2(4,5)1(6)7/h4-17,24-25,34H,1-3H3,(H2,30,31)(H,32,36)(H,33,35);(H,6,7)/t24-,25+;/m0./s1. The highest BCUT2D eigenvalue weighted by Crippen LogP contribution is 2.25. The number of carbonyl (C=O) groups excluding carboxylic acids is 2. The van der Waals surface area contributed by atoms with E-state index >= 15 is 0 Å². The Morgan fingerprint density at radius 2 is 1.51 bits per heavy atom. The molecule has 4 rings (SSSR count). The molecule has 43 heavy (non-hydrogen) atoms. The number of aliphatic carboxylic acids is 1. The number of aliphatic hydroxyl groups is 1. The topological polar surface area (TPSA) is 155 Å². The smallest absolute Gasteiger partial charge is 0.475 e. The number of halogens is 3. The molecule has 12 heteroatoms. The van der Waals surface area contributed by atoms with Crippen molar-refractivity contribution in [2.75, 3.05) is 11.1 Å². The number of aliphatic hydroxyl groups excluding tert-OH is 1. The number of benzene rings is 3. The van der Waals surface area contributed by atoms with Crippen molar-refractivity contribution in [3.05, 3.63) is 102 Å². The number of anilines is 2. The first-order valence-electron chi connectivity index (χ1n) is 13.0. The third-order valence-electron chi connectivity index (χ3n) is 6.35. The second kappa shape index (κ2) is 13.3. The zero-order valence-corrected chi connectivity index (χ0v) is 23.5. The van der Waals surface area contributed by atoms with E-state index < -0.39 is 30.2 Å². The Bertz CT molecular complexity index is 1590. The maximum atomic E-state index is 13.1. The van der Waals surface area contributed by atoms with Gasteiger partial charge in [0, 0.05) is 22.8 Å². The summed E-state index contributed by atoms with van der Waals surface area (Å²) in [4.78, 5) is 39.1. The minimum Gasteiger partial charge on any atom is -0.475 e. The predicted octanol–water partition coefficient (Wildman–Crippen LogP) is 5.22. The molecule has 0 bridgehead atoms. The number of carbonyl (C=O) groups is 3. The molecule has 1 aromatic heterocycles. The number of nitrogens with one attached hydrogen (secondary N) is 2. The molecule has 0 spiro atoms. The maximum absolute atomic E-state index is 13.1. The van der Waals surface area contributed by atoms with Crippen LogP contribution in [0.1, 0.15) is 48.3 Å². The number of aromatic nitrogens is 1. The van der Waals surface area contributed by atoms with Crippen molar-refractivity contribution in [3.63, 3.8) is 0 Å². The van der Waals surface area contributed by atoms with Crippen molar-refractivity contribution in [1.82, 2.24) is 10.3 Å². The van der Waals surface area contributed by atoms with E-state index in [9.17, 15) is 27.9 Å². The van der Waals surface area contributed by atoms with Gasteiger partial charge >= 0.3 is 12.1 Å². The molecule has 6 N–H and O–H groups in total. The summed E-state index contributed by atoms with van der Waals surface area (Å²) in [6.07, 6.45) is -5.02. The van der Waals surface area contributed by atoms with Crippen LogP contribution in [-0.4, -0.2) is 45.3 Å². The van der Waals surface area contributed by atoms with Crippen LogP contribution in [0.25, 0.3) is 10.8 Å². The Labute approximate surface area is 245 Å². The number of pyridine rings is 1. The Balaban J connectivity index is 0.000000646. The quantitative estimate of drug-likeness (QED) is 0.204. The highest BCUT2D eigenvalue weighted by Gasteiger charge is 2.38. The number of carboxylic acids is 1. The minimum atomic E-state index is -5.08. The molecule has 0 unspecified atom stereocenters. The van der Waals surface area contributed by atoms with Crippen molar-refractivity contribution >= 4 is 40.1 Å². The summed E-state index contributed by atoms with van der Waals surface area (Å²) in [7, 11) is 0. The first kappa shape index (κ1) is 32.5. The molecule has 3 aromatic carbocycles. The molecule has 0 aliphatic rings. The average molecular weight is 597 g/mol. The van der Waals surface area contributed by atoms with Gasteiger partial charge in [-0.15, -0.1) is 0 Å². The Morgan fingerprint density at radius 1 is 0.907 bits per heavy atom. The van der Waals surface area contributed by atoms with Crippen LogP contribution < -0.4 is 16.4 Å². The van der Waals surface area contributed by atoms with E-state index in [0.29, 0.717) is 28.0 Å². The van der Waals surface area contributed by atoms with E-state index in [1.165, 1.54) is 0 Å². The monoisotopic (exact) mass is 596 g/mol. The van der Waals surface area contributed by atoms with Gasteiger partial charge in [-0.1, -0.05) is 69.3 Å². The van der Waals surface area contributed by atoms with Crippen LogP contribution in [0.2, 0.25) is 0 Å². The molecule has 4 aromatic rings. The summed E-state index contributed by atoms with van der Waals surface area (Å²) in [6, 6.07) is 22.3. The Kier molecular flexibility index (Phi) is 10.1. The van der Waals surface area contributed by atoms with E-state index in [1.807, 2.05) is 30.3 Å². The fourth-order valence-electron chi connectivity index (χ4n) is 3.99. The van der Waals surface area contributed by atoms with Crippen molar-refractivity contribution in [2.24, 2.45) is 0 Å². The number of carboxylic acid groups (broad SMARTS) is 1. The fourth-order valence-corrected chi connectivity index (χ4v) is 3.99. The van der Waals surface area contributed by atoms with Gasteiger partial charge in [0.05, 0.1) is 6.04 Å². The molecular weight excluding hydrogens is 565 g/mol. The van der Waals surface area contributed by atoms with Crippen LogP contribution in [-0.2, 0) is 15.0 Å². The third kappa shape index (κ3) is 8.76. The van der Waals surface area contributed by atoms with Crippen LogP contribution in [0.15, 0.2) is 85.1 Å². The van der Waals surface area contributed by atoms with Gasteiger partial charge in [-0.3, -0.25) is 9.59 Å². The number of nitrogens with zero attached hydrogens (tertiary/aromatic N) is 1. The predicted molar refractivity (Wildman–Crippen MR) is 156 cm³/mol. The normalized spacial score (nSPS) is 12.8. The van der Waals surface area contributed by atoms with E-state index in [-0.39, 0.29) is 11.3 Å². The second-order valence-electron chi connectivity index (χ2n) is 10.6. The lowest BCUT2D eigenvalue weighted by Gasteiger charge is -2.24. The molecule has 9 nitrogen and oxygen atoms in total. The molecule has 0 saturated carbocycles. The number of alkyl halides is 3. The molecule has 226 valence electrons. The zero-order chi connectivity index (χ0) is 31.9. The van der Waals surface area contributed by atoms with Crippen LogP contribution >= 0.6 is 0 Å². The van der Waals surface area contributed by atoms with Crippen LogP contribution in [0, 0.1) is 0 Å². The van der Waals surface area contributed by atoms with Gasteiger partial charge < -0.3 is 26.6 Å². The largest absolute Gasteiger partial charge is 0.490 e. The zero-order valence-electron chi connectivity index (χ0n) is 23.5. The van der Waals surface area contributed by atoms with Crippen LogP contribution in [0.5, 0.6) is 0 Å². The average Bonchev–Trinajstić information content (AvgIpc) is 2.95. The summed E-state index contributed by atoms with van der Waals surface area (Å²) in [6.45, 7) is 6.30. The van der Waals surface area contributed by atoms with Gasteiger partial charge in [-0.25, -0.2) is 9.78 Å². The highest BCUT2D eigenvalue weighted by molar-refractivity contribution is 6.00. The van der Waals surface area contributed by atoms with Crippen LogP contribution in [0.4, 0.5) is 24.7 Å². The lowest BCUT2D eigenvalue weighted by atomic mass is 9.86. The first-order valence-corrected chi connectivity index (χ1v) is 13.0. The number of hydrogen-bond acceptors (Lipinski definition) is 6. The number of hydrogen-bond donors (Lipinski definition) is 5. The molecule has 2 amide bonds. The maximum Gasteiger partial charge on any atom is 0.490 e. The van der Waals surface area contributed by atoms with Crippen molar-refractivity contribution in [1.29, 1.82) is 0 Å². The number of nitrogen functional groups attached to an aromatic ring is 1. The van der Waals surface area contributed by atoms with Gasteiger partial charge in [0.1, 0.15) is 5.82 Å². The van der Waals surface area contributed by atoms with E-state index in [2.05, 4.69) is 36.4 Å². The lowest BCUT2D eigenvalue weighted by molar-refractivity contribution is -0.192. The van der Waals surface area contributed by atoms with E-state index in [0.717, 1.165) is 10.9 Å². The number of nitrogens with two attached hydrogens (primary N) is 1. The number of amides is 2. The van der Waals surface area contributed by atoms with Gasteiger partial charge in [-0.2, -0.15) is 13.2 Å². The summed E-state index contributed by atoms with van der Waals surface area (Å²) in [5.41, 5.74) is 8.52. The Hall–Kier alpha value is -4.97. The van der Waals surface area contributed by atoms with Gasteiger partial charge in [0.25, 0.3) is 11.8 Å². The summed E-state index contributed by atoms with van der Waals surface area (Å²) in [5, 5.41) is 25.3. The van der Waals surface area contributed by atoms with Gasteiger partial charge in [-0.05, 0) is 52.3 Å². The van der Waals surface area contributed by atoms with E-state index in [4.69, 9.17) is 15.6 Å². The highest BCUT2D eigenvalue weighted by atomic mass is 19.4. The molecule has 0 saturated heterocycles. The summed E-state index contributed by atoms with van der Waals surface area (Å²) >= 11 is 0. The van der Waals surface area contributed by atoms with Gasteiger partial charge in [0.2, 0.25) is 0 Å². The minimum absolute atomic E-state index is 0.0423. The molecule has 0 fully saturated rings. The number of rotatable bonds is 6. The first-order chi connectivity index (χ1) is 20.1. The van der Waals surface area contributed by atoms with Crippen molar-refractivity contribution in [2.45, 2.75) is 44.5 Å². The molecule has 0 radical (unpaired) electrons. The fraction of sp³-hybridized carbons (Fsp3) is 0.226. The third-order valence-corrected chi connectivity index (χ3v) is 6.35. The molecule has 0 aliphatic carbocycles. The summed E-state index contributed by atoms with van der Waals surface area (Å²) < 4.78 is 31.7. The van der Waals surface area contributed by atoms with E-state index in [1.54, 1.807) is 54.7 Å². The lowest BCUT2D eigenvalue weighted by Crippen LogP contribution is -2.42. The molecule has 2 atom stereocenters.